The number of aryl methyl sites for hydroxylation is 2. The van der Waals surface area contributed by atoms with Gasteiger partial charge in [-0.3, -0.25) is 4.98 Å². The van der Waals surface area contributed by atoms with Crippen LogP contribution in [-0.4, -0.2) is 9.97 Å². The summed E-state index contributed by atoms with van der Waals surface area (Å²) in [7, 11) is 0. The van der Waals surface area contributed by atoms with Crippen LogP contribution in [-0.2, 0) is 0 Å². The Hall–Kier alpha value is -1.42. The lowest BCUT2D eigenvalue weighted by atomic mass is 10.0. The predicted molar refractivity (Wildman–Crippen MR) is 79.8 cm³/mol. The van der Waals surface area contributed by atoms with E-state index >= 15 is 0 Å². The minimum atomic E-state index is 0.380. The molecule has 2 aromatic rings. The average Bonchev–Trinajstić information content (AvgIpc) is 2.35. The molecule has 4 heteroatoms. The number of rotatable bonds is 3. The number of hydrogen-bond acceptors (Lipinski definition) is 3. The summed E-state index contributed by atoms with van der Waals surface area (Å²) in [6, 6.07) is 6.02. The predicted octanol–water partition coefficient (Wildman–Crippen LogP) is 4.77. The highest BCUT2D eigenvalue weighted by molar-refractivity contribution is 9.10. The van der Waals surface area contributed by atoms with Crippen LogP contribution in [0, 0.1) is 13.8 Å². The normalized spacial score (nSPS) is 10.8. The molecule has 0 saturated heterocycles. The van der Waals surface area contributed by atoms with Crippen LogP contribution in [0.1, 0.15) is 36.7 Å². The van der Waals surface area contributed by atoms with Crippen molar-refractivity contribution in [1.29, 1.82) is 0 Å². The Bertz CT molecular complexity index is 597. The Morgan fingerprint density at radius 2 is 1.95 bits per heavy atom. The number of halogens is 1. The van der Waals surface area contributed by atoms with E-state index in [0.29, 0.717) is 11.8 Å². The maximum Gasteiger partial charge on any atom is 0.241 e. The van der Waals surface area contributed by atoms with Crippen molar-refractivity contribution < 1.29 is 4.74 Å². The van der Waals surface area contributed by atoms with Crippen molar-refractivity contribution >= 4 is 15.9 Å². The lowest BCUT2D eigenvalue weighted by Crippen LogP contribution is -1.99. The van der Waals surface area contributed by atoms with Gasteiger partial charge in [-0.2, -0.15) is 0 Å². The third-order valence-electron chi connectivity index (χ3n) is 2.83. The summed E-state index contributed by atoms with van der Waals surface area (Å²) >= 11 is 3.49. The standard InChI is InChI=1S/C15H17BrN2O/c1-9(2)13-7-12(16)5-6-14(13)19-15-11(4)17-8-10(3)18-15/h5-9H,1-4H3. The van der Waals surface area contributed by atoms with E-state index in [0.717, 1.165) is 27.2 Å². The molecule has 1 aromatic carbocycles. The van der Waals surface area contributed by atoms with Crippen molar-refractivity contribution in [3.63, 3.8) is 0 Å². The van der Waals surface area contributed by atoms with Crippen molar-refractivity contribution in [2.75, 3.05) is 0 Å². The van der Waals surface area contributed by atoms with E-state index in [9.17, 15) is 0 Å². The van der Waals surface area contributed by atoms with E-state index in [1.807, 2.05) is 26.0 Å². The van der Waals surface area contributed by atoms with Gasteiger partial charge in [-0.05, 0) is 43.5 Å². The molecule has 19 heavy (non-hydrogen) atoms. The maximum absolute atomic E-state index is 5.94. The number of nitrogens with zero attached hydrogens (tertiary/aromatic N) is 2. The molecule has 0 amide bonds. The van der Waals surface area contributed by atoms with Crippen molar-refractivity contribution in [3.05, 3.63) is 45.8 Å². The second-order valence-electron chi connectivity index (χ2n) is 4.84. The van der Waals surface area contributed by atoms with Gasteiger partial charge in [-0.25, -0.2) is 4.98 Å². The first-order valence-corrected chi connectivity index (χ1v) is 7.04. The second-order valence-corrected chi connectivity index (χ2v) is 5.76. The first kappa shape index (κ1) is 14.0. The smallest absolute Gasteiger partial charge is 0.241 e. The van der Waals surface area contributed by atoms with E-state index < -0.39 is 0 Å². The number of hydrogen-bond donors (Lipinski definition) is 0. The van der Waals surface area contributed by atoms with E-state index in [1.165, 1.54) is 0 Å². The summed E-state index contributed by atoms with van der Waals surface area (Å²) in [5, 5.41) is 0. The molecule has 0 N–H and O–H groups in total. The zero-order valence-corrected chi connectivity index (χ0v) is 13.2. The maximum atomic E-state index is 5.94. The molecule has 0 spiro atoms. The molecule has 2 rings (SSSR count). The zero-order chi connectivity index (χ0) is 14.0. The van der Waals surface area contributed by atoms with Gasteiger partial charge < -0.3 is 4.74 Å². The van der Waals surface area contributed by atoms with E-state index in [4.69, 9.17) is 4.74 Å². The molecule has 0 radical (unpaired) electrons. The van der Waals surface area contributed by atoms with Crippen molar-refractivity contribution in [2.45, 2.75) is 33.6 Å². The van der Waals surface area contributed by atoms with Crippen LogP contribution >= 0.6 is 15.9 Å². The Morgan fingerprint density at radius 3 is 2.63 bits per heavy atom. The largest absolute Gasteiger partial charge is 0.437 e. The number of benzene rings is 1. The highest BCUT2D eigenvalue weighted by atomic mass is 79.9. The summed E-state index contributed by atoms with van der Waals surface area (Å²) < 4.78 is 6.99. The van der Waals surface area contributed by atoms with Crippen LogP contribution < -0.4 is 4.74 Å². The van der Waals surface area contributed by atoms with Crippen molar-refractivity contribution in [1.82, 2.24) is 9.97 Å². The lowest BCUT2D eigenvalue weighted by Gasteiger charge is -2.14. The van der Waals surface area contributed by atoms with Gasteiger partial charge in [0.25, 0.3) is 0 Å². The first-order valence-electron chi connectivity index (χ1n) is 6.25. The molecular formula is C15H17BrN2O. The van der Waals surface area contributed by atoms with Crippen molar-refractivity contribution in [2.24, 2.45) is 0 Å². The summed E-state index contributed by atoms with van der Waals surface area (Å²) in [5.41, 5.74) is 2.80. The highest BCUT2D eigenvalue weighted by Crippen LogP contribution is 2.32. The zero-order valence-electron chi connectivity index (χ0n) is 11.6. The van der Waals surface area contributed by atoms with Gasteiger partial charge in [-0.15, -0.1) is 0 Å². The molecular weight excluding hydrogens is 304 g/mol. The minimum absolute atomic E-state index is 0.380. The minimum Gasteiger partial charge on any atom is -0.437 e. The average molecular weight is 321 g/mol. The molecule has 100 valence electrons. The van der Waals surface area contributed by atoms with Crippen LogP contribution in [0.5, 0.6) is 11.6 Å². The van der Waals surface area contributed by atoms with Gasteiger partial charge >= 0.3 is 0 Å². The van der Waals surface area contributed by atoms with E-state index in [1.54, 1.807) is 6.20 Å². The molecule has 1 heterocycles. The molecule has 3 nitrogen and oxygen atoms in total. The topological polar surface area (TPSA) is 35.0 Å². The Kier molecular flexibility index (Phi) is 4.20. The molecule has 0 aliphatic carbocycles. The monoisotopic (exact) mass is 320 g/mol. The van der Waals surface area contributed by atoms with E-state index in [-0.39, 0.29) is 0 Å². The molecule has 0 atom stereocenters. The molecule has 0 saturated carbocycles. The second kappa shape index (κ2) is 5.70. The Morgan fingerprint density at radius 1 is 1.21 bits per heavy atom. The molecule has 0 aliphatic heterocycles. The van der Waals surface area contributed by atoms with Gasteiger partial charge in [0, 0.05) is 10.7 Å². The summed E-state index contributed by atoms with van der Waals surface area (Å²) in [4.78, 5) is 8.66. The number of ether oxygens (including phenoxy) is 1. The molecule has 1 aromatic heterocycles. The van der Waals surface area contributed by atoms with Crippen LogP contribution in [0.4, 0.5) is 0 Å². The fourth-order valence-electron chi connectivity index (χ4n) is 1.78. The lowest BCUT2D eigenvalue weighted by molar-refractivity contribution is 0.445. The van der Waals surface area contributed by atoms with Crippen molar-refractivity contribution in [3.8, 4) is 11.6 Å². The summed E-state index contributed by atoms with van der Waals surface area (Å²) in [5.74, 6) is 1.79. The summed E-state index contributed by atoms with van der Waals surface area (Å²) in [6.07, 6.45) is 1.74. The highest BCUT2D eigenvalue weighted by Gasteiger charge is 2.12. The number of aromatic nitrogens is 2. The molecule has 0 bridgehead atoms. The van der Waals surface area contributed by atoms with Crippen LogP contribution in [0.25, 0.3) is 0 Å². The van der Waals surface area contributed by atoms with Gasteiger partial charge in [0.15, 0.2) is 0 Å². The quantitative estimate of drug-likeness (QED) is 0.816. The first-order chi connectivity index (χ1) is 8.97. The molecule has 0 aliphatic rings. The van der Waals surface area contributed by atoms with E-state index in [2.05, 4.69) is 45.8 Å². The SMILES string of the molecule is Cc1cnc(C)c(Oc2ccc(Br)cc2C(C)C)n1. The Labute approximate surface area is 122 Å². The van der Waals surface area contributed by atoms with Gasteiger partial charge in [0.1, 0.15) is 5.75 Å². The third-order valence-corrected chi connectivity index (χ3v) is 3.33. The van der Waals surface area contributed by atoms with Gasteiger partial charge in [0.05, 0.1) is 11.4 Å². The third kappa shape index (κ3) is 3.32. The molecule has 0 unspecified atom stereocenters. The fraction of sp³-hybridized carbons (Fsp3) is 0.333. The summed E-state index contributed by atoms with van der Waals surface area (Å²) in [6.45, 7) is 8.09. The fourth-order valence-corrected chi connectivity index (χ4v) is 2.16. The van der Waals surface area contributed by atoms with Crippen LogP contribution in [0.2, 0.25) is 0 Å². The van der Waals surface area contributed by atoms with Gasteiger partial charge in [0.2, 0.25) is 5.88 Å². The Balaban J connectivity index is 2.40. The van der Waals surface area contributed by atoms with Gasteiger partial charge in [-0.1, -0.05) is 29.8 Å². The van der Waals surface area contributed by atoms with Crippen LogP contribution in [0.3, 0.4) is 0 Å². The molecule has 0 fully saturated rings. The van der Waals surface area contributed by atoms with Crippen LogP contribution in [0.15, 0.2) is 28.9 Å².